The van der Waals surface area contributed by atoms with Crippen molar-refractivity contribution in [1.29, 1.82) is 0 Å². The lowest BCUT2D eigenvalue weighted by Gasteiger charge is -2.13. The first-order valence-corrected chi connectivity index (χ1v) is 6.63. The minimum absolute atomic E-state index is 0.213. The molecule has 0 unspecified atom stereocenters. The molecule has 0 bridgehead atoms. The first kappa shape index (κ1) is 14.7. The number of ether oxygens (including phenoxy) is 1. The summed E-state index contributed by atoms with van der Waals surface area (Å²) in [6, 6.07) is -0.563. The Bertz CT molecular complexity index is 306. The lowest BCUT2D eigenvalue weighted by atomic mass is 10.0. The van der Waals surface area contributed by atoms with Crippen LogP contribution in [0.3, 0.4) is 0 Å². The third kappa shape index (κ3) is 5.34. The summed E-state index contributed by atoms with van der Waals surface area (Å²) >= 11 is 0. The van der Waals surface area contributed by atoms with Gasteiger partial charge in [0.05, 0.1) is 7.11 Å². The van der Waals surface area contributed by atoms with E-state index < -0.39 is 12.0 Å². The van der Waals surface area contributed by atoms with Crippen LogP contribution in [-0.2, 0) is 14.3 Å². The van der Waals surface area contributed by atoms with Crippen molar-refractivity contribution in [3.8, 4) is 0 Å². The molecule has 0 heterocycles. The number of methoxy groups -OCH3 is 1. The molecule has 102 valence electrons. The molecule has 4 heteroatoms. The maximum Gasteiger partial charge on any atom is 0.328 e. The SMILES string of the molecule is COC(=O)[C@H](CC=CCC1CCCC1)NC(C)=O. The van der Waals surface area contributed by atoms with Gasteiger partial charge in [-0.1, -0.05) is 37.8 Å². The Morgan fingerprint density at radius 3 is 2.56 bits per heavy atom. The van der Waals surface area contributed by atoms with Crippen molar-refractivity contribution in [1.82, 2.24) is 5.32 Å². The Labute approximate surface area is 109 Å². The molecular formula is C14H23NO3. The summed E-state index contributed by atoms with van der Waals surface area (Å²) < 4.78 is 4.66. The third-order valence-corrected chi connectivity index (χ3v) is 3.35. The number of carbonyl (C=O) groups is 2. The average molecular weight is 253 g/mol. The zero-order chi connectivity index (χ0) is 13.4. The molecule has 0 saturated heterocycles. The van der Waals surface area contributed by atoms with Crippen LogP contribution in [0, 0.1) is 5.92 Å². The summed E-state index contributed by atoms with van der Waals surface area (Å²) in [5, 5.41) is 2.59. The number of carbonyl (C=O) groups excluding carboxylic acids is 2. The highest BCUT2D eigenvalue weighted by atomic mass is 16.5. The highest BCUT2D eigenvalue weighted by molar-refractivity contribution is 5.83. The molecule has 18 heavy (non-hydrogen) atoms. The van der Waals surface area contributed by atoms with E-state index in [0.29, 0.717) is 6.42 Å². The van der Waals surface area contributed by atoms with E-state index in [4.69, 9.17) is 0 Å². The van der Waals surface area contributed by atoms with Crippen LogP contribution < -0.4 is 5.32 Å². The van der Waals surface area contributed by atoms with Gasteiger partial charge in [0.1, 0.15) is 6.04 Å². The van der Waals surface area contributed by atoms with Gasteiger partial charge < -0.3 is 10.1 Å². The fourth-order valence-electron chi connectivity index (χ4n) is 2.37. The molecule has 0 radical (unpaired) electrons. The molecule has 1 aliphatic rings. The summed E-state index contributed by atoms with van der Waals surface area (Å²) in [7, 11) is 1.33. The van der Waals surface area contributed by atoms with Gasteiger partial charge in [-0.25, -0.2) is 4.79 Å². The van der Waals surface area contributed by atoms with E-state index in [1.807, 2.05) is 6.08 Å². The molecule has 1 amide bonds. The van der Waals surface area contributed by atoms with E-state index >= 15 is 0 Å². The summed E-state index contributed by atoms with van der Waals surface area (Å²) in [6.45, 7) is 1.40. The van der Waals surface area contributed by atoms with Crippen molar-refractivity contribution in [3.63, 3.8) is 0 Å². The van der Waals surface area contributed by atoms with Gasteiger partial charge >= 0.3 is 5.97 Å². The molecule has 1 fully saturated rings. The van der Waals surface area contributed by atoms with Gasteiger partial charge in [-0.05, 0) is 18.8 Å². The minimum atomic E-state index is -0.563. The topological polar surface area (TPSA) is 55.4 Å². The quantitative estimate of drug-likeness (QED) is 0.583. The van der Waals surface area contributed by atoms with Crippen LogP contribution in [-0.4, -0.2) is 25.0 Å². The third-order valence-electron chi connectivity index (χ3n) is 3.35. The van der Waals surface area contributed by atoms with Crippen molar-refractivity contribution in [2.45, 2.75) is 51.5 Å². The van der Waals surface area contributed by atoms with Crippen molar-refractivity contribution in [2.75, 3.05) is 7.11 Å². The first-order valence-electron chi connectivity index (χ1n) is 6.63. The van der Waals surface area contributed by atoms with Crippen LogP contribution in [0.4, 0.5) is 0 Å². The molecule has 0 aromatic carbocycles. The number of hydrogen-bond acceptors (Lipinski definition) is 3. The molecule has 1 aliphatic carbocycles. The van der Waals surface area contributed by atoms with E-state index in [0.717, 1.165) is 12.3 Å². The van der Waals surface area contributed by atoms with E-state index in [1.54, 1.807) is 0 Å². The predicted molar refractivity (Wildman–Crippen MR) is 70.0 cm³/mol. The number of hydrogen-bond donors (Lipinski definition) is 1. The van der Waals surface area contributed by atoms with Crippen molar-refractivity contribution in [2.24, 2.45) is 5.92 Å². The van der Waals surface area contributed by atoms with Gasteiger partial charge in [0.2, 0.25) is 5.91 Å². The van der Waals surface area contributed by atoms with Crippen LogP contribution in [0.15, 0.2) is 12.2 Å². The van der Waals surface area contributed by atoms with Crippen LogP contribution in [0.2, 0.25) is 0 Å². The lowest BCUT2D eigenvalue weighted by Crippen LogP contribution is -2.39. The molecule has 1 saturated carbocycles. The Kier molecular flexibility index (Phi) is 6.47. The van der Waals surface area contributed by atoms with Crippen LogP contribution >= 0.6 is 0 Å². The highest BCUT2D eigenvalue weighted by Gasteiger charge is 2.18. The van der Waals surface area contributed by atoms with E-state index in [1.165, 1.54) is 39.7 Å². The van der Waals surface area contributed by atoms with E-state index in [2.05, 4.69) is 16.1 Å². The Hall–Kier alpha value is -1.32. The second-order valence-electron chi connectivity index (χ2n) is 4.87. The molecule has 1 rings (SSSR count). The minimum Gasteiger partial charge on any atom is -0.467 e. The monoisotopic (exact) mass is 253 g/mol. The van der Waals surface area contributed by atoms with Gasteiger partial charge in [0, 0.05) is 6.92 Å². The van der Waals surface area contributed by atoms with E-state index in [9.17, 15) is 9.59 Å². The molecule has 0 aromatic rings. The summed E-state index contributed by atoms with van der Waals surface area (Å²) in [6.07, 6.45) is 11.0. The molecular weight excluding hydrogens is 230 g/mol. The second-order valence-corrected chi connectivity index (χ2v) is 4.87. The standard InChI is InChI=1S/C14H23NO3/c1-11(16)15-13(14(17)18-2)10-6-5-9-12-7-3-4-8-12/h5-6,12-13H,3-4,7-10H2,1-2H3,(H,15,16)/t13-/m0/s1. The molecule has 0 aliphatic heterocycles. The van der Waals surface area contributed by atoms with Gasteiger partial charge in [0.25, 0.3) is 0 Å². The summed E-state index contributed by atoms with van der Waals surface area (Å²) in [5.41, 5.74) is 0. The number of rotatable bonds is 6. The molecule has 1 atom stereocenters. The highest BCUT2D eigenvalue weighted by Crippen LogP contribution is 2.27. The van der Waals surface area contributed by atoms with Crippen LogP contribution in [0.1, 0.15) is 45.4 Å². The van der Waals surface area contributed by atoms with Crippen molar-refractivity contribution < 1.29 is 14.3 Å². The Balaban J connectivity index is 2.33. The van der Waals surface area contributed by atoms with Crippen LogP contribution in [0.5, 0.6) is 0 Å². The number of amides is 1. The fourth-order valence-corrected chi connectivity index (χ4v) is 2.37. The zero-order valence-corrected chi connectivity index (χ0v) is 11.3. The fraction of sp³-hybridized carbons (Fsp3) is 0.714. The number of nitrogens with one attached hydrogen (secondary N) is 1. The molecule has 0 aromatic heterocycles. The summed E-state index contributed by atoms with van der Waals surface area (Å²) in [4.78, 5) is 22.4. The average Bonchev–Trinajstić information content (AvgIpc) is 2.84. The maximum atomic E-state index is 11.4. The Morgan fingerprint density at radius 2 is 2.00 bits per heavy atom. The molecule has 1 N–H and O–H groups in total. The predicted octanol–water partition coefficient (Wildman–Crippen LogP) is 2.19. The van der Waals surface area contributed by atoms with Crippen molar-refractivity contribution >= 4 is 11.9 Å². The molecule has 4 nitrogen and oxygen atoms in total. The van der Waals surface area contributed by atoms with Crippen molar-refractivity contribution in [3.05, 3.63) is 12.2 Å². The van der Waals surface area contributed by atoms with Gasteiger partial charge in [-0.2, -0.15) is 0 Å². The smallest absolute Gasteiger partial charge is 0.328 e. The number of esters is 1. The summed E-state index contributed by atoms with van der Waals surface area (Å²) in [5.74, 6) is 0.198. The molecule has 0 spiro atoms. The van der Waals surface area contributed by atoms with Gasteiger partial charge in [-0.3, -0.25) is 4.79 Å². The Morgan fingerprint density at radius 1 is 1.33 bits per heavy atom. The van der Waals surface area contributed by atoms with E-state index in [-0.39, 0.29) is 5.91 Å². The zero-order valence-electron chi connectivity index (χ0n) is 11.3. The first-order chi connectivity index (χ1) is 8.63. The van der Waals surface area contributed by atoms with Gasteiger partial charge in [0.15, 0.2) is 0 Å². The van der Waals surface area contributed by atoms with Crippen LogP contribution in [0.25, 0.3) is 0 Å². The number of allylic oxidation sites excluding steroid dienone is 1. The largest absolute Gasteiger partial charge is 0.467 e. The maximum absolute atomic E-state index is 11.4. The second kappa shape index (κ2) is 7.90. The normalized spacial score (nSPS) is 17.9. The van der Waals surface area contributed by atoms with Gasteiger partial charge in [-0.15, -0.1) is 0 Å². The lowest BCUT2D eigenvalue weighted by molar-refractivity contribution is -0.144.